The summed E-state index contributed by atoms with van der Waals surface area (Å²) in [7, 11) is 1.44. The fourth-order valence-electron chi connectivity index (χ4n) is 9.54. The van der Waals surface area contributed by atoms with Gasteiger partial charge in [-0.2, -0.15) is 5.10 Å². The molecule has 67 heavy (non-hydrogen) atoms. The van der Waals surface area contributed by atoms with Crippen molar-refractivity contribution in [2.45, 2.75) is 118 Å². The van der Waals surface area contributed by atoms with Gasteiger partial charge in [-0.1, -0.05) is 76.3 Å². The van der Waals surface area contributed by atoms with Crippen molar-refractivity contribution in [3.8, 4) is 23.0 Å². The second kappa shape index (κ2) is 20.5. The van der Waals surface area contributed by atoms with Crippen molar-refractivity contribution in [1.29, 1.82) is 0 Å². The number of carbonyl (C=O) groups excluding carboxylic acids is 3. The number of piperazine rings is 1. The number of anilines is 1. The van der Waals surface area contributed by atoms with Crippen LogP contribution in [0, 0.1) is 30.6 Å². The van der Waals surface area contributed by atoms with E-state index in [-0.39, 0.29) is 56.6 Å². The average Bonchev–Trinajstić information content (AvgIpc) is 3.55. The van der Waals surface area contributed by atoms with Crippen molar-refractivity contribution in [2.75, 3.05) is 25.5 Å². The first-order valence-electron chi connectivity index (χ1n) is 22.8. The third-order valence-electron chi connectivity index (χ3n) is 13.7. The summed E-state index contributed by atoms with van der Waals surface area (Å²) < 4.78 is 23.8. The molecule has 0 aromatic heterocycles. The first-order chi connectivity index (χ1) is 31.6. The Kier molecular flexibility index (Phi) is 15.5. The molecule has 4 aliphatic heterocycles. The first kappa shape index (κ1) is 50.5. The van der Waals surface area contributed by atoms with Gasteiger partial charge < -0.3 is 49.8 Å². The molecule has 11 atom stereocenters. The molecule has 362 valence electrons. The van der Waals surface area contributed by atoms with Crippen molar-refractivity contribution in [2.24, 2.45) is 28.8 Å². The lowest BCUT2D eigenvalue weighted by atomic mass is 9.78. The monoisotopic (exact) mass is 926 g/mol. The summed E-state index contributed by atoms with van der Waals surface area (Å²) in [6, 6.07) is 10.3. The summed E-state index contributed by atoms with van der Waals surface area (Å²) in [5, 5.41) is 68.0. The number of amides is 1. The number of ether oxygens (including phenoxy) is 4. The summed E-state index contributed by atoms with van der Waals surface area (Å²) in [5.74, 6) is -8.45. The molecule has 0 aliphatic carbocycles. The van der Waals surface area contributed by atoms with Gasteiger partial charge in [0.05, 0.1) is 66.1 Å². The van der Waals surface area contributed by atoms with Crippen LogP contribution < -0.4 is 10.1 Å². The molecule has 3 aromatic rings. The molecule has 0 radical (unpaired) electrons. The number of rotatable bonds is 6. The minimum absolute atomic E-state index is 0.0503. The largest absolute Gasteiger partial charge is 0.507 e. The second-order valence-electron chi connectivity index (χ2n) is 18.6. The molecule has 0 saturated carbocycles. The zero-order valence-corrected chi connectivity index (χ0v) is 40.2. The molecule has 1 amide bonds. The molecule has 1 fully saturated rings. The van der Waals surface area contributed by atoms with Crippen molar-refractivity contribution in [1.82, 2.24) is 9.91 Å². The Hall–Kier alpha value is -5.94. The number of esters is 1. The van der Waals surface area contributed by atoms with E-state index in [2.05, 4.69) is 36.2 Å². The van der Waals surface area contributed by atoms with Gasteiger partial charge in [-0.05, 0) is 39.3 Å². The fraction of sp³-hybridized carbons (Fsp3) is 0.490. The molecule has 5 bridgehead atoms. The van der Waals surface area contributed by atoms with Crippen LogP contribution in [0.3, 0.4) is 0 Å². The number of aromatic hydroxyl groups is 3. The van der Waals surface area contributed by atoms with Crippen LogP contribution in [-0.2, 0) is 30.3 Å². The SMILES string of the molecule is COC1C=COC2(C)Oc3c(C)c(O)c4c(O)c(c(C=NN5CC(C)N(Cc6ccccc6)C(C)C5)c(O)c4c3C2=O)NC(=O)C(C)=CC=CC(C)C(O)C(C)C(O)C(C)C(OC(C)=O)C1C. The van der Waals surface area contributed by atoms with Crippen LogP contribution in [0.2, 0.25) is 0 Å². The number of ketones is 1. The highest BCUT2D eigenvalue weighted by atomic mass is 16.7. The highest BCUT2D eigenvalue weighted by Gasteiger charge is 2.50. The Morgan fingerprint density at radius 3 is 2.19 bits per heavy atom. The van der Waals surface area contributed by atoms with Crippen LogP contribution in [0.5, 0.6) is 23.0 Å². The maximum Gasteiger partial charge on any atom is 0.312 e. The molecule has 1 saturated heterocycles. The maximum atomic E-state index is 14.6. The molecule has 4 heterocycles. The number of aliphatic hydroxyl groups excluding tert-OH is 2. The minimum Gasteiger partial charge on any atom is -0.507 e. The van der Waals surface area contributed by atoms with E-state index in [4.69, 9.17) is 24.0 Å². The van der Waals surface area contributed by atoms with E-state index in [0.29, 0.717) is 13.1 Å². The number of phenolic OH excluding ortho intramolecular Hbond substituents is 3. The highest BCUT2D eigenvalue weighted by Crippen LogP contribution is 2.55. The van der Waals surface area contributed by atoms with E-state index in [1.54, 1.807) is 39.8 Å². The molecule has 16 heteroatoms. The number of fused-ring (bicyclic) bond motifs is 14. The average molecular weight is 927 g/mol. The Bertz CT molecular complexity index is 2460. The molecule has 7 rings (SSSR count). The lowest BCUT2D eigenvalue weighted by Gasteiger charge is -2.43. The number of aliphatic hydroxyl groups is 2. The van der Waals surface area contributed by atoms with Crippen LogP contribution >= 0.6 is 0 Å². The van der Waals surface area contributed by atoms with E-state index < -0.39 is 88.8 Å². The van der Waals surface area contributed by atoms with Gasteiger partial charge >= 0.3 is 11.8 Å². The highest BCUT2D eigenvalue weighted by molar-refractivity contribution is 6.23. The predicted octanol–water partition coefficient (Wildman–Crippen LogP) is 6.68. The zero-order valence-electron chi connectivity index (χ0n) is 40.2. The van der Waals surface area contributed by atoms with Gasteiger partial charge in [-0.15, -0.1) is 0 Å². The number of Topliss-reactive ketones (excluding diaryl/α,β-unsaturated/α-hetero) is 1. The fourth-order valence-corrected chi connectivity index (χ4v) is 9.54. The van der Waals surface area contributed by atoms with Crippen molar-refractivity contribution >= 4 is 40.3 Å². The molecule has 3 aromatic carbocycles. The molecular formula is C51H66N4O12. The lowest BCUT2D eigenvalue weighted by Crippen LogP contribution is -2.54. The van der Waals surface area contributed by atoms with Crippen molar-refractivity contribution in [3.05, 3.63) is 88.7 Å². The Morgan fingerprint density at radius 1 is 0.910 bits per heavy atom. The summed E-state index contributed by atoms with van der Waals surface area (Å²) >= 11 is 0. The maximum absolute atomic E-state index is 14.6. The number of carbonyl (C=O) groups is 3. The van der Waals surface area contributed by atoms with E-state index in [9.17, 15) is 39.9 Å². The Labute approximate surface area is 392 Å². The van der Waals surface area contributed by atoms with Crippen LogP contribution in [0.25, 0.3) is 10.8 Å². The van der Waals surface area contributed by atoms with Crippen LogP contribution in [-0.4, -0.2) is 122 Å². The Morgan fingerprint density at radius 2 is 1.57 bits per heavy atom. The van der Waals surface area contributed by atoms with Crippen molar-refractivity contribution in [3.63, 3.8) is 0 Å². The van der Waals surface area contributed by atoms with Gasteiger partial charge in [0.15, 0.2) is 5.75 Å². The topological polar surface area (TPSA) is 220 Å². The van der Waals surface area contributed by atoms with E-state index in [1.165, 1.54) is 65.0 Å². The summed E-state index contributed by atoms with van der Waals surface area (Å²) in [6.45, 7) is 18.5. The molecule has 6 N–H and O–H groups in total. The smallest absolute Gasteiger partial charge is 0.312 e. The van der Waals surface area contributed by atoms with Crippen molar-refractivity contribution < 1.29 is 58.9 Å². The Balaban J connectivity index is 1.48. The standard InChI is InChI=1S/C51H66N4O12/c1-26-16-15-17-27(2)50(63)53-41-36(22-52-54-23-28(3)55(29(4)24-54)25-35-18-13-12-14-19-35)45(60)38-39(46(41)61)44(59)33(8)48-40(38)49(62)51(10,67-48)65-21-20-37(64-11)30(5)47(66-34(9)56)32(7)43(58)31(6)42(26)57/h12-22,26,28-32,37,42-43,47,57-61H,23-25H2,1-11H3,(H,53,63). The van der Waals surface area contributed by atoms with Gasteiger partial charge in [0.1, 0.15) is 23.4 Å². The number of phenols is 3. The number of methoxy groups -OCH3 is 1. The van der Waals surface area contributed by atoms with Gasteiger partial charge in [-0.3, -0.25) is 24.3 Å². The van der Waals surface area contributed by atoms with Crippen LogP contribution in [0.4, 0.5) is 5.69 Å². The van der Waals surface area contributed by atoms with E-state index in [1.807, 2.05) is 23.2 Å². The van der Waals surface area contributed by atoms with E-state index >= 15 is 0 Å². The van der Waals surface area contributed by atoms with Gasteiger partial charge in [0, 0.05) is 79.8 Å². The molecule has 16 nitrogen and oxygen atoms in total. The van der Waals surface area contributed by atoms with Gasteiger partial charge in [0.25, 0.3) is 11.7 Å². The quantitative estimate of drug-likeness (QED) is 0.0658. The number of hydrogen-bond acceptors (Lipinski definition) is 15. The normalized spacial score (nSPS) is 30.1. The molecule has 11 unspecified atom stereocenters. The number of benzene rings is 3. The third kappa shape index (κ3) is 10.2. The number of hydrazone groups is 1. The summed E-state index contributed by atoms with van der Waals surface area (Å²) in [5.41, 5.74) is 0.787. The van der Waals surface area contributed by atoms with E-state index in [0.717, 1.165) is 6.54 Å². The minimum atomic E-state index is -2.06. The second-order valence-corrected chi connectivity index (χ2v) is 18.6. The number of nitrogens with one attached hydrogen (secondary N) is 1. The predicted molar refractivity (Wildman–Crippen MR) is 254 cm³/mol. The zero-order chi connectivity index (χ0) is 49.2. The summed E-state index contributed by atoms with van der Waals surface area (Å²) in [4.78, 5) is 43.4. The molecule has 0 spiro atoms. The van der Waals surface area contributed by atoms with Gasteiger partial charge in [-0.25, -0.2) is 0 Å². The first-order valence-corrected chi connectivity index (χ1v) is 22.8. The molecule has 4 aliphatic rings. The third-order valence-corrected chi connectivity index (χ3v) is 13.7. The van der Waals surface area contributed by atoms with Crippen LogP contribution in [0.15, 0.2) is 71.6 Å². The molecular weight excluding hydrogens is 861 g/mol. The number of hydrogen-bond donors (Lipinski definition) is 6. The summed E-state index contributed by atoms with van der Waals surface area (Å²) in [6.07, 6.45) is 4.88. The van der Waals surface area contributed by atoms with Crippen LogP contribution in [0.1, 0.15) is 89.4 Å². The number of nitrogens with zero attached hydrogens (tertiary/aromatic N) is 3. The number of allylic oxidation sites excluding steroid dienone is 2. The lowest BCUT2D eigenvalue weighted by molar-refractivity contribution is -0.160. The van der Waals surface area contributed by atoms with Gasteiger partial charge in [0.2, 0.25) is 0 Å².